The summed E-state index contributed by atoms with van der Waals surface area (Å²) in [5, 5.41) is 12.0. The number of esters is 1. The van der Waals surface area contributed by atoms with Gasteiger partial charge in [-0.25, -0.2) is 9.79 Å². The van der Waals surface area contributed by atoms with Gasteiger partial charge in [0, 0.05) is 32.3 Å². The number of hydrogen-bond donors (Lipinski definition) is 2. The number of carbonyl (C=O) groups is 3. The van der Waals surface area contributed by atoms with Crippen molar-refractivity contribution in [3.8, 4) is 0 Å². The normalized spacial score (nSPS) is 22.4. The molecule has 2 heterocycles. The highest BCUT2D eigenvalue weighted by Gasteiger charge is 2.53. The van der Waals surface area contributed by atoms with Crippen LogP contribution in [0.1, 0.15) is 6.92 Å². The van der Waals surface area contributed by atoms with Crippen LogP contribution in [0.5, 0.6) is 0 Å². The van der Waals surface area contributed by atoms with Crippen LogP contribution in [-0.4, -0.2) is 82.1 Å². The summed E-state index contributed by atoms with van der Waals surface area (Å²) in [4.78, 5) is 41.8. The van der Waals surface area contributed by atoms with Crippen molar-refractivity contribution in [3.05, 3.63) is 11.3 Å². The summed E-state index contributed by atoms with van der Waals surface area (Å²) in [7, 11) is 3.57. The van der Waals surface area contributed by atoms with Crippen LogP contribution in [0.4, 0.5) is 0 Å². The van der Waals surface area contributed by atoms with Crippen molar-refractivity contribution in [2.75, 3.05) is 26.5 Å². The van der Waals surface area contributed by atoms with Gasteiger partial charge in [0.15, 0.2) is 5.11 Å². The largest absolute Gasteiger partial charge is 0.477 e. The van der Waals surface area contributed by atoms with Crippen molar-refractivity contribution < 1.29 is 24.2 Å². The second-order valence-electron chi connectivity index (χ2n) is 5.58. The molecule has 0 bridgehead atoms. The summed E-state index contributed by atoms with van der Waals surface area (Å²) in [5.74, 6) is -1.80. The lowest BCUT2D eigenvalue weighted by molar-refractivity contribution is -0.148. The van der Waals surface area contributed by atoms with Crippen LogP contribution in [0.15, 0.2) is 16.3 Å². The highest BCUT2D eigenvalue weighted by molar-refractivity contribution is 8.00. The second kappa shape index (κ2) is 7.83. The number of carboxylic acids is 1. The number of β-lactam (4-membered cyclic amide) rings is 1. The molecule has 0 spiro atoms. The maximum atomic E-state index is 12.4. The van der Waals surface area contributed by atoms with Crippen molar-refractivity contribution in [1.29, 1.82) is 0 Å². The summed E-state index contributed by atoms with van der Waals surface area (Å²) in [5.41, 5.74) is 0.264. The van der Waals surface area contributed by atoms with Gasteiger partial charge in [0.1, 0.15) is 23.7 Å². The van der Waals surface area contributed by atoms with E-state index in [-0.39, 0.29) is 17.4 Å². The topological polar surface area (TPSA) is 112 Å². The number of carbonyl (C=O) groups excluding carboxylic acids is 2. The van der Waals surface area contributed by atoms with E-state index >= 15 is 0 Å². The molecule has 2 N–H and O–H groups in total. The van der Waals surface area contributed by atoms with Crippen molar-refractivity contribution >= 4 is 53.3 Å². The molecule has 2 aliphatic heterocycles. The monoisotopic (exact) mass is 386 g/mol. The number of fused-ring (bicyclic) bond motifs is 1. The van der Waals surface area contributed by atoms with E-state index in [4.69, 9.17) is 17.0 Å². The van der Waals surface area contributed by atoms with E-state index in [9.17, 15) is 19.5 Å². The predicted octanol–water partition coefficient (Wildman–Crippen LogP) is -0.364. The number of thioether (sulfide) groups is 1. The number of carboxylic acid groups (broad SMARTS) is 1. The third-order valence-electron chi connectivity index (χ3n) is 3.38. The van der Waals surface area contributed by atoms with Gasteiger partial charge in [-0.05, 0) is 12.2 Å². The Morgan fingerprint density at radius 1 is 1.56 bits per heavy atom. The lowest BCUT2D eigenvalue weighted by Crippen LogP contribution is -2.70. The fourth-order valence-corrected chi connectivity index (χ4v) is 3.82. The molecule has 136 valence electrons. The maximum absolute atomic E-state index is 12.4. The Balaban J connectivity index is 2.12. The quantitative estimate of drug-likeness (QED) is 0.215. The Labute approximate surface area is 154 Å². The van der Waals surface area contributed by atoms with Crippen LogP contribution in [0, 0.1) is 0 Å². The molecule has 9 nitrogen and oxygen atoms in total. The average molecular weight is 386 g/mol. The van der Waals surface area contributed by atoms with Gasteiger partial charge in [-0.1, -0.05) is 0 Å². The molecule has 0 aromatic rings. The first-order chi connectivity index (χ1) is 11.7. The number of nitrogens with one attached hydrogen (secondary N) is 1. The van der Waals surface area contributed by atoms with Gasteiger partial charge in [-0.3, -0.25) is 14.5 Å². The second-order valence-corrected chi connectivity index (χ2v) is 7.07. The molecular formula is C14H18N4O5S2. The smallest absolute Gasteiger partial charge is 0.352 e. The van der Waals surface area contributed by atoms with Crippen LogP contribution in [0.2, 0.25) is 0 Å². The summed E-state index contributed by atoms with van der Waals surface area (Å²) in [6.07, 6.45) is 1.50. The standard InChI is InChI=1S/C14H18N4O5S2/c1-7(19)23-4-8-5-25-12-9(16-14(24)15-6-17(2)3)11(20)18(12)10(8)13(21)22/h6,9,12H,4-5H2,1-3H3,(H,16,24)(H,21,22)/t9-,12-/m1/s1. The summed E-state index contributed by atoms with van der Waals surface area (Å²) in [6, 6.07) is -0.638. The zero-order valence-corrected chi connectivity index (χ0v) is 15.5. The Morgan fingerprint density at radius 3 is 2.80 bits per heavy atom. The molecule has 11 heteroatoms. The Hall–Kier alpha value is -2.14. The van der Waals surface area contributed by atoms with Gasteiger partial charge in [0.25, 0.3) is 5.91 Å². The lowest BCUT2D eigenvalue weighted by Gasteiger charge is -2.49. The summed E-state index contributed by atoms with van der Waals surface area (Å²) >= 11 is 6.45. The van der Waals surface area contributed by atoms with Gasteiger partial charge < -0.3 is 20.1 Å². The number of aliphatic carboxylic acids is 1. The molecule has 0 saturated carbocycles. The predicted molar refractivity (Wildman–Crippen MR) is 96.1 cm³/mol. The number of hydrogen-bond acceptors (Lipinski definition) is 6. The van der Waals surface area contributed by atoms with E-state index in [0.29, 0.717) is 11.3 Å². The molecule has 0 aromatic carbocycles. The lowest BCUT2D eigenvalue weighted by atomic mass is 10.0. The van der Waals surface area contributed by atoms with Crippen LogP contribution < -0.4 is 5.32 Å². The van der Waals surface area contributed by atoms with E-state index in [1.54, 1.807) is 19.0 Å². The molecule has 0 aliphatic carbocycles. The number of aliphatic imine (C=N–C) groups is 1. The van der Waals surface area contributed by atoms with E-state index < -0.39 is 29.3 Å². The summed E-state index contributed by atoms with van der Waals surface area (Å²) in [6.45, 7) is 1.09. The molecule has 1 amide bonds. The van der Waals surface area contributed by atoms with E-state index in [1.165, 1.54) is 29.9 Å². The van der Waals surface area contributed by atoms with Crippen molar-refractivity contribution in [3.63, 3.8) is 0 Å². The van der Waals surface area contributed by atoms with Crippen LogP contribution >= 0.6 is 24.0 Å². The molecular weight excluding hydrogens is 368 g/mol. The van der Waals surface area contributed by atoms with E-state index in [0.717, 1.165) is 0 Å². The number of ether oxygens (including phenoxy) is 1. The van der Waals surface area contributed by atoms with Crippen LogP contribution in [0.3, 0.4) is 0 Å². The van der Waals surface area contributed by atoms with Crippen molar-refractivity contribution in [2.24, 2.45) is 4.99 Å². The Morgan fingerprint density at radius 2 is 2.24 bits per heavy atom. The zero-order valence-electron chi connectivity index (χ0n) is 13.9. The Bertz CT molecular complexity index is 676. The first-order valence-electron chi connectivity index (χ1n) is 7.26. The molecule has 1 saturated heterocycles. The zero-order chi connectivity index (χ0) is 18.7. The Kier molecular flexibility index (Phi) is 6.01. The minimum absolute atomic E-state index is 0.129. The molecule has 25 heavy (non-hydrogen) atoms. The third-order valence-corrected chi connectivity index (χ3v) is 4.95. The molecule has 2 atom stereocenters. The van der Waals surface area contributed by atoms with Gasteiger partial charge in [0.2, 0.25) is 0 Å². The van der Waals surface area contributed by atoms with E-state index in [1.807, 2.05) is 0 Å². The highest BCUT2D eigenvalue weighted by atomic mass is 32.2. The molecule has 1 fully saturated rings. The SMILES string of the molecule is CC(=O)OCC1=C(C(=O)O)N2C(=O)[C@@H](NC(=S)N=CN(C)C)[C@H]2SC1. The van der Waals surface area contributed by atoms with Crippen LogP contribution in [-0.2, 0) is 19.1 Å². The van der Waals surface area contributed by atoms with Crippen molar-refractivity contribution in [1.82, 2.24) is 15.1 Å². The first kappa shape index (κ1) is 19.2. The van der Waals surface area contributed by atoms with Gasteiger partial charge in [0.05, 0.1) is 6.34 Å². The van der Waals surface area contributed by atoms with Gasteiger partial charge >= 0.3 is 11.9 Å². The average Bonchev–Trinajstić information content (AvgIpc) is 2.54. The van der Waals surface area contributed by atoms with Crippen molar-refractivity contribution in [2.45, 2.75) is 18.3 Å². The number of thiocarbonyl (C=S) groups is 1. The molecule has 0 radical (unpaired) electrons. The summed E-state index contributed by atoms with van der Waals surface area (Å²) < 4.78 is 4.88. The van der Waals surface area contributed by atoms with Gasteiger partial charge in [-0.15, -0.1) is 11.8 Å². The molecule has 2 rings (SSSR count). The molecule has 2 aliphatic rings. The minimum Gasteiger partial charge on any atom is -0.477 e. The van der Waals surface area contributed by atoms with E-state index in [2.05, 4.69) is 10.3 Å². The minimum atomic E-state index is -1.23. The highest BCUT2D eigenvalue weighted by Crippen LogP contribution is 2.40. The van der Waals surface area contributed by atoms with Gasteiger partial charge in [-0.2, -0.15) is 0 Å². The fourth-order valence-electron chi connectivity index (χ4n) is 2.32. The number of rotatable bonds is 5. The number of amides is 1. The molecule has 0 unspecified atom stereocenters. The third kappa shape index (κ3) is 4.28. The molecule has 0 aromatic heterocycles. The maximum Gasteiger partial charge on any atom is 0.352 e. The first-order valence-corrected chi connectivity index (χ1v) is 8.72. The number of nitrogens with zero attached hydrogens (tertiary/aromatic N) is 3. The fraction of sp³-hybridized carbons (Fsp3) is 0.500. The van der Waals surface area contributed by atoms with Crippen LogP contribution in [0.25, 0.3) is 0 Å².